The Morgan fingerprint density at radius 2 is 1.96 bits per heavy atom. The summed E-state index contributed by atoms with van der Waals surface area (Å²) in [7, 11) is 0. The summed E-state index contributed by atoms with van der Waals surface area (Å²) in [5.74, 6) is -0.116. The monoisotopic (exact) mass is 431 g/mol. The van der Waals surface area contributed by atoms with Crippen molar-refractivity contribution in [2.75, 3.05) is 6.54 Å². The number of ketones is 1. The van der Waals surface area contributed by atoms with Crippen molar-refractivity contribution in [1.29, 1.82) is 0 Å². The molecule has 6 nitrogen and oxygen atoms in total. The standard InChI is InChI=1S/C12H10Cl2N2O2.C6H15NO.C2H6/c1-6(17)4-16-5-15-11-7(2)10(14)9(13)3-8(11)12(16)18;1-2-3-4-6(8)5-7;1-2/h3,5H,4H2,1-2H3;6,8H,2-5,7H2,1H3;1-2H3. The molecule has 0 saturated carbocycles. The summed E-state index contributed by atoms with van der Waals surface area (Å²) in [5, 5.41) is 9.93. The molecular formula is C20H31Cl2N3O3. The molecule has 28 heavy (non-hydrogen) atoms. The van der Waals surface area contributed by atoms with Crippen LogP contribution in [0.1, 0.15) is 52.5 Å². The molecule has 0 spiro atoms. The van der Waals surface area contributed by atoms with E-state index in [0.717, 1.165) is 19.3 Å². The average Bonchev–Trinajstić information content (AvgIpc) is 2.68. The number of unbranched alkanes of at least 4 members (excludes halogenated alkanes) is 1. The first kappa shape index (κ1) is 26.5. The average molecular weight is 432 g/mol. The molecule has 1 aromatic heterocycles. The Morgan fingerprint density at radius 3 is 2.46 bits per heavy atom. The fourth-order valence-electron chi connectivity index (χ4n) is 2.32. The number of carbonyl (C=O) groups excluding carboxylic acids is 1. The summed E-state index contributed by atoms with van der Waals surface area (Å²) in [6, 6.07) is 1.48. The highest BCUT2D eigenvalue weighted by Gasteiger charge is 2.12. The molecule has 0 aliphatic rings. The quantitative estimate of drug-likeness (QED) is 0.716. The number of carbonyl (C=O) groups is 1. The smallest absolute Gasteiger partial charge is 0.261 e. The van der Waals surface area contributed by atoms with E-state index in [1.807, 2.05) is 13.8 Å². The number of benzene rings is 1. The van der Waals surface area contributed by atoms with Gasteiger partial charge in [-0.2, -0.15) is 0 Å². The summed E-state index contributed by atoms with van der Waals surface area (Å²) < 4.78 is 1.26. The molecule has 158 valence electrons. The molecular weight excluding hydrogens is 401 g/mol. The maximum atomic E-state index is 12.1. The van der Waals surface area contributed by atoms with Crippen LogP contribution in [-0.4, -0.2) is 33.1 Å². The van der Waals surface area contributed by atoms with Gasteiger partial charge in [0.25, 0.3) is 5.56 Å². The molecule has 0 aliphatic carbocycles. The van der Waals surface area contributed by atoms with Crippen LogP contribution in [0.25, 0.3) is 10.9 Å². The number of aliphatic hydroxyl groups is 1. The van der Waals surface area contributed by atoms with Gasteiger partial charge in [-0.3, -0.25) is 14.2 Å². The lowest BCUT2D eigenvalue weighted by Crippen LogP contribution is -2.23. The minimum absolute atomic E-state index is 0.00106. The van der Waals surface area contributed by atoms with Gasteiger partial charge in [0, 0.05) is 6.54 Å². The van der Waals surface area contributed by atoms with Crippen molar-refractivity contribution in [3.05, 3.63) is 38.4 Å². The first-order valence-corrected chi connectivity index (χ1v) is 10.2. The van der Waals surface area contributed by atoms with Crippen LogP contribution in [0, 0.1) is 6.92 Å². The van der Waals surface area contributed by atoms with Crippen LogP contribution in [0.5, 0.6) is 0 Å². The molecule has 0 radical (unpaired) electrons. The molecule has 1 unspecified atom stereocenters. The van der Waals surface area contributed by atoms with Gasteiger partial charge in [0.1, 0.15) is 5.78 Å². The number of nitrogens with two attached hydrogens (primary N) is 1. The molecule has 1 atom stereocenters. The number of nitrogens with zero attached hydrogens (tertiary/aromatic N) is 2. The van der Waals surface area contributed by atoms with Crippen LogP contribution < -0.4 is 11.3 Å². The van der Waals surface area contributed by atoms with Gasteiger partial charge in [0.2, 0.25) is 0 Å². The van der Waals surface area contributed by atoms with Gasteiger partial charge in [0.15, 0.2) is 0 Å². The van der Waals surface area contributed by atoms with Crippen molar-refractivity contribution < 1.29 is 9.90 Å². The number of rotatable bonds is 6. The minimum Gasteiger partial charge on any atom is -0.392 e. The Kier molecular flexibility index (Phi) is 12.9. The number of fused-ring (bicyclic) bond motifs is 1. The number of halogens is 2. The zero-order valence-corrected chi connectivity index (χ0v) is 18.8. The predicted molar refractivity (Wildman–Crippen MR) is 117 cm³/mol. The minimum atomic E-state index is -0.295. The summed E-state index contributed by atoms with van der Waals surface area (Å²) in [4.78, 5) is 27.4. The molecule has 0 fully saturated rings. The van der Waals surface area contributed by atoms with E-state index in [4.69, 9.17) is 34.0 Å². The highest BCUT2D eigenvalue weighted by Crippen LogP contribution is 2.29. The fraction of sp³-hybridized carbons (Fsp3) is 0.550. The largest absolute Gasteiger partial charge is 0.392 e. The van der Waals surface area contributed by atoms with Crippen LogP contribution in [-0.2, 0) is 11.3 Å². The highest BCUT2D eigenvalue weighted by atomic mass is 35.5. The second kappa shape index (κ2) is 13.7. The number of Topliss-reactive ketones (excluding diaryl/α,β-unsaturated/α-hetero) is 1. The Labute approximate surface area is 176 Å². The Morgan fingerprint density at radius 1 is 1.36 bits per heavy atom. The van der Waals surface area contributed by atoms with Crippen LogP contribution in [0.2, 0.25) is 10.0 Å². The summed E-state index contributed by atoms with van der Waals surface area (Å²) in [5.41, 5.74) is 6.04. The van der Waals surface area contributed by atoms with E-state index in [-0.39, 0.29) is 24.0 Å². The summed E-state index contributed by atoms with van der Waals surface area (Å²) >= 11 is 11.9. The molecule has 0 amide bonds. The topological polar surface area (TPSA) is 98.2 Å². The van der Waals surface area contributed by atoms with Gasteiger partial charge in [-0.15, -0.1) is 0 Å². The number of hydrogen-bond donors (Lipinski definition) is 2. The SMILES string of the molecule is CC.CC(=O)Cn1cnc2c(C)c(Cl)c(Cl)cc2c1=O.CCCCC(O)CN. The van der Waals surface area contributed by atoms with Crippen molar-refractivity contribution in [2.24, 2.45) is 5.73 Å². The zero-order chi connectivity index (χ0) is 21.9. The molecule has 1 heterocycles. The van der Waals surface area contributed by atoms with Gasteiger partial charge in [-0.1, -0.05) is 56.8 Å². The Balaban J connectivity index is 0.000000618. The Hall–Kier alpha value is -1.47. The van der Waals surface area contributed by atoms with Gasteiger partial charge in [0.05, 0.1) is 39.9 Å². The zero-order valence-electron chi connectivity index (χ0n) is 17.3. The molecule has 0 bridgehead atoms. The van der Waals surface area contributed by atoms with Crippen molar-refractivity contribution in [3.8, 4) is 0 Å². The van der Waals surface area contributed by atoms with Crippen molar-refractivity contribution in [1.82, 2.24) is 9.55 Å². The van der Waals surface area contributed by atoms with E-state index in [9.17, 15) is 9.59 Å². The molecule has 0 aliphatic heterocycles. The van der Waals surface area contributed by atoms with Gasteiger partial charge >= 0.3 is 0 Å². The number of aliphatic hydroxyl groups excluding tert-OH is 1. The second-order valence-corrected chi connectivity index (χ2v) is 6.89. The van der Waals surface area contributed by atoms with E-state index in [1.54, 1.807) is 6.92 Å². The Bertz CT molecular complexity index is 822. The maximum Gasteiger partial charge on any atom is 0.261 e. The maximum absolute atomic E-state index is 12.1. The van der Waals surface area contributed by atoms with E-state index in [1.165, 1.54) is 23.9 Å². The number of aryl methyl sites for hydroxylation is 1. The molecule has 8 heteroatoms. The molecule has 2 rings (SSSR count). The number of hydrogen-bond acceptors (Lipinski definition) is 5. The molecule has 2 aromatic rings. The van der Waals surface area contributed by atoms with Gasteiger partial charge < -0.3 is 10.8 Å². The first-order valence-electron chi connectivity index (χ1n) is 9.44. The third kappa shape index (κ3) is 7.87. The van der Waals surface area contributed by atoms with E-state index < -0.39 is 0 Å². The number of aromatic nitrogens is 2. The van der Waals surface area contributed by atoms with Crippen LogP contribution in [0.3, 0.4) is 0 Å². The molecule has 3 N–H and O–H groups in total. The van der Waals surface area contributed by atoms with Crippen LogP contribution in [0.4, 0.5) is 0 Å². The van der Waals surface area contributed by atoms with E-state index in [2.05, 4.69) is 11.9 Å². The summed E-state index contributed by atoms with van der Waals surface area (Å²) in [6.45, 7) is 9.67. The normalized spacial score (nSPS) is 11.2. The molecule has 0 saturated heterocycles. The third-order valence-corrected chi connectivity index (χ3v) is 4.68. The van der Waals surface area contributed by atoms with Crippen molar-refractivity contribution in [3.63, 3.8) is 0 Å². The van der Waals surface area contributed by atoms with E-state index in [0.29, 0.717) is 33.1 Å². The van der Waals surface area contributed by atoms with E-state index >= 15 is 0 Å². The van der Waals surface area contributed by atoms with Gasteiger partial charge in [-0.05, 0) is 31.9 Å². The molecule has 1 aromatic carbocycles. The lowest BCUT2D eigenvalue weighted by molar-refractivity contribution is -0.117. The second-order valence-electron chi connectivity index (χ2n) is 6.10. The van der Waals surface area contributed by atoms with Crippen LogP contribution in [0.15, 0.2) is 17.2 Å². The van der Waals surface area contributed by atoms with Crippen molar-refractivity contribution >= 4 is 39.9 Å². The van der Waals surface area contributed by atoms with Crippen molar-refractivity contribution in [2.45, 2.75) is 66.5 Å². The lowest BCUT2D eigenvalue weighted by Gasteiger charge is -2.08. The van der Waals surface area contributed by atoms with Gasteiger partial charge in [-0.25, -0.2) is 4.98 Å². The lowest BCUT2D eigenvalue weighted by atomic mass is 10.1. The first-order chi connectivity index (χ1) is 13.2. The van der Waals surface area contributed by atoms with Crippen LogP contribution >= 0.6 is 23.2 Å². The third-order valence-electron chi connectivity index (χ3n) is 3.79. The summed E-state index contributed by atoms with van der Waals surface area (Å²) in [6.07, 6.45) is 4.15. The fourth-order valence-corrected chi connectivity index (χ4v) is 2.71. The highest BCUT2D eigenvalue weighted by molar-refractivity contribution is 6.43. The predicted octanol–water partition coefficient (Wildman–Crippen LogP) is 4.12.